The minimum atomic E-state index is 0.0812. The predicted molar refractivity (Wildman–Crippen MR) is 91.9 cm³/mol. The molecular formula is C16H28N4OS. The Hall–Kier alpha value is -0.720. The summed E-state index contributed by atoms with van der Waals surface area (Å²) in [6.45, 7) is 7.41. The fourth-order valence-electron chi connectivity index (χ4n) is 3.61. The lowest BCUT2D eigenvalue weighted by atomic mass is 9.97. The molecule has 6 heteroatoms. The number of piperazine rings is 1. The normalized spacial score (nSPS) is 27.8. The van der Waals surface area contributed by atoms with Crippen molar-refractivity contribution in [1.29, 1.82) is 0 Å². The van der Waals surface area contributed by atoms with Gasteiger partial charge in [0.1, 0.15) is 0 Å². The molecule has 0 radical (unpaired) electrons. The van der Waals surface area contributed by atoms with Crippen molar-refractivity contribution in [3.8, 4) is 0 Å². The molecule has 0 bridgehead atoms. The predicted octanol–water partition coefficient (Wildman–Crippen LogP) is 1.63. The minimum Gasteiger partial charge on any atom is -0.322 e. The van der Waals surface area contributed by atoms with Gasteiger partial charge in [-0.1, -0.05) is 6.08 Å². The van der Waals surface area contributed by atoms with E-state index in [1.807, 2.05) is 4.90 Å². The average Bonchev–Trinajstić information content (AvgIpc) is 3.01. The van der Waals surface area contributed by atoms with Gasteiger partial charge in [0.2, 0.25) is 0 Å². The van der Waals surface area contributed by atoms with Gasteiger partial charge in [-0.15, -0.1) is 11.8 Å². The van der Waals surface area contributed by atoms with E-state index in [-0.39, 0.29) is 6.03 Å². The molecule has 124 valence electrons. The minimum absolute atomic E-state index is 0.0812. The molecule has 5 nitrogen and oxygen atoms in total. The lowest BCUT2D eigenvalue weighted by Crippen LogP contribution is -2.53. The standard InChI is InChI=1S/C16H28N4OS/c1-18-6-2-4-14(12-18)13-19-7-9-20(10-8-19)16(21)17-15-5-3-11-22-15/h5,14H,2-4,6-13H2,1H3,(H,17,21). The Kier molecular flexibility index (Phi) is 5.66. The molecule has 3 heterocycles. The molecule has 2 amide bonds. The molecule has 0 aliphatic carbocycles. The fraction of sp³-hybridized carbons (Fsp3) is 0.812. The highest BCUT2D eigenvalue weighted by atomic mass is 32.2. The molecule has 1 atom stereocenters. The second-order valence-corrected chi connectivity index (χ2v) is 7.83. The van der Waals surface area contributed by atoms with Crippen molar-refractivity contribution < 1.29 is 4.79 Å². The number of piperidine rings is 1. The number of thioether (sulfide) groups is 1. The van der Waals surface area contributed by atoms with Gasteiger partial charge in [-0.3, -0.25) is 4.90 Å². The summed E-state index contributed by atoms with van der Waals surface area (Å²) in [6, 6.07) is 0.0812. The molecule has 1 unspecified atom stereocenters. The quantitative estimate of drug-likeness (QED) is 0.856. The molecule has 3 aliphatic rings. The topological polar surface area (TPSA) is 38.8 Å². The Morgan fingerprint density at radius 2 is 2.14 bits per heavy atom. The molecule has 0 saturated carbocycles. The zero-order chi connectivity index (χ0) is 15.4. The van der Waals surface area contributed by atoms with Crippen LogP contribution in [0, 0.1) is 5.92 Å². The number of hydrogen-bond donors (Lipinski definition) is 1. The highest BCUT2D eigenvalue weighted by molar-refractivity contribution is 8.03. The zero-order valence-corrected chi connectivity index (χ0v) is 14.4. The number of urea groups is 1. The molecule has 0 aromatic rings. The van der Waals surface area contributed by atoms with Crippen LogP contribution in [0.1, 0.15) is 19.3 Å². The number of nitrogens with zero attached hydrogens (tertiary/aromatic N) is 3. The molecule has 1 N–H and O–H groups in total. The maximum absolute atomic E-state index is 12.2. The lowest BCUT2D eigenvalue weighted by molar-refractivity contribution is 0.106. The van der Waals surface area contributed by atoms with Gasteiger partial charge in [0.05, 0.1) is 5.03 Å². The van der Waals surface area contributed by atoms with E-state index in [9.17, 15) is 4.79 Å². The van der Waals surface area contributed by atoms with Crippen LogP contribution in [-0.2, 0) is 0 Å². The Bertz CT molecular complexity index is 420. The molecule has 0 spiro atoms. The Balaban J connectivity index is 1.39. The monoisotopic (exact) mass is 324 g/mol. The summed E-state index contributed by atoms with van der Waals surface area (Å²) in [6.07, 6.45) is 5.88. The second kappa shape index (κ2) is 7.70. The first-order valence-corrected chi connectivity index (χ1v) is 9.49. The van der Waals surface area contributed by atoms with Crippen LogP contribution >= 0.6 is 11.8 Å². The SMILES string of the molecule is CN1CCCC(CN2CCN(C(=O)NC3=CCCS3)CC2)C1. The fourth-order valence-corrected chi connectivity index (χ4v) is 4.46. The molecular weight excluding hydrogens is 296 g/mol. The van der Waals surface area contributed by atoms with Gasteiger partial charge in [0, 0.05) is 45.0 Å². The Labute approximate surface area is 138 Å². The summed E-state index contributed by atoms with van der Waals surface area (Å²) in [7, 11) is 2.23. The number of hydrogen-bond acceptors (Lipinski definition) is 4. The average molecular weight is 324 g/mol. The van der Waals surface area contributed by atoms with Crippen LogP contribution in [0.5, 0.6) is 0 Å². The molecule has 22 heavy (non-hydrogen) atoms. The third kappa shape index (κ3) is 4.40. The molecule has 0 aromatic heterocycles. The van der Waals surface area contributed by atoms with Crippen LogP contribution in [-0.4, -0.2) is 79.3 Å². The van der Waals surface area contributed by atoms with Crippen LogP contribution in [0.15, 0.2) is 11.1 Å². The Morgan fingerprint density at radius 1 is 1.32 bits per heavy atom. The van der Waals surface area contributed by atoms with Crippen LogP contribution in [0.4, 0.5) is 4.79 Å². The first kappa shape index (κ1) is 16.1. The smallest absolute Gasteiger partial charge is 0.322 e. The van der Waals surface area contributed by atoms with Crippen molar-refractivity contribution in [2.45, 2.75) is 19.3 Å². The molecule has 2 fully saturated rings. The summed E-state index contributed by atoms with van der Waals surface area (Å²) in [5.41, 5.74) is 0. The van der Waals surface area contributed by atoms with E-state index >= 15 is 0 Å². The van der Waals surface area contributed by atoms with Crippen molar-refractivity contribution in [1.82, 2.24) is 20.0 Å². The van der Waals surface area contributed by atoms with Gasteiger partial charge in [-0.25, -0.2) is 4.79 Å². The third-order valence-electron chi connectivity index (χ3n) is 4.83. The number of carbonyl (C=O) groups excluding carboxylic acids is 1. The van der Waals surface area contributed by atoms with Crippen LogP contribution in [0.2, 0.25) is 0 Å². The molecule has 2 saturated heterocycles. The molecule has 0 aromatic carbocycles. The summed E-state index contributed by atoms with van der Waals surface area (Å²) in [5.74, 6) is 1.90. The van der Waals surface area contributed by atoms with E-state index in [0.717, 1.165) is 49.3 Å². The number of allylic oxidation sites excluding steroid dienone is 1. The summed E-state index contributed by atoms with van der Waals surface area (Å²) >= 11 is 1.75. The van der Waals surface area contributed by atoms with Gasteiger partial charge in [0.25, 0.3) is 0 Å². The lowest BCUT2D eigenvalue weighted by Gasteiger charge is -2.38. The van der Waals surface area contributed by atoms with Crippen LogP contribution < -0.4 is 5.32 Å². The van der Waals surface area contributed by atoms with Gasteiger partial charge in [0.15, 0.2) is 0 Å². The summed E-state index contributed by atoms with van der Waals surface area (Å²) < 4.78 is 0. The van der Waals surface area contributed by atoms with Gasteiger partial charge in [-0.05, 0) is 38.8 Å². The van der Waals surface area contributed by atoms with E-state index in [1.165, 1.54) is 32.5 Å². The van der Waals surface area contributed by atoms with Crippen molar-refractivity contribution in [3.05, 3.63) is 11.1 Å². The van der Waals surface area contributed by atoms with E-state index in [2.05, 4.69) is 28.2 Å². The van der Waals surface area contributed by atoms with Crippen molar-refractivity contribution >= 4 is 17.8 Å². The zero-order valence-electron chi connectivity index (χ0n) is 13.6. The number of likely N-dealkylation sites (tertiary alicyclic amines) is 1. The first-order valence-electron chi connectivity index (χ1n) is 8.50. The number of carbonyl (C=O) groups is 1. The van der Waals surface area contributed by atoms with Gasteiger partial charge in [-0.2, -0.15) is 0 Å². The summed E-state index contributed by atoms with van der Waals surface area (Å²) in [5, 5.41) is 4.08. The molecule has 3 rings (SSSR count). The van der Waals surface area contributed by atoms with E-state index in [0.29, 0.717) is 0 Å². The van der Waals surface area contributed by atoms with E-state index < -0.39 is 0 Å². The second-order valence-electron chi connectivity index (χ2n) is 6.69. The first-order chi connectivity index (χ1) is 10.7. The number of amides is 2. The number of rotatable bonds is 3. The largest absolute Gasteiger partial charge is 0.322 e. The van der Waals surface area contributed by atoms with Gasteiger partial charge < -0.3 is 15.1 Å². The van der Waals surface area contributed by atoms with E-state index in [4.69, 9.17) is 0 Å². The number of nitrogens with one attached hydrogen (secondary N) is 1. The van der Waals surface area contributed by atoms with Crippen molar-refractivity contribution in [2.75, 3.05) is 58.6 Å². The van der Waals surface area contributed by atoms with Crippen LogP contribution in [0.25, 0.3) is 0 Å². The Morgan fingerprint density at radius 3 is 2.82 bits per heavy atom. The van der Waals surface area contributed by atoms with Crippen LogP contribution in [0.3, 0.4) is 0 Å². The van der Waals surface area contributed by atoms with Gasteiger partial charge >= 0.3 is 6.03 Å². The van der Waals surface area contributed by atoms with E-state index in [1.54, 1.807) is 11.8 Å². The summed E-state index contributed by atoms with van der Waals surface area (Å²) in [4.78, 5) is 19.2. The highest BCUT2D eigenvalue weighted by Crippen LogP contribution is 2.22. The maximum atomic E-state index is 12.2. The van der Waals surface area contributed by atoms with Crippen molar-refractivity contribution in [2.24, 2.45) is 5.92 Å². The molecule has 3 aliphatic heterocycles. The maximum Gasteiger partial charge on any atom is 0.322 e. The van der Waals surface area contributed by atoms with Crippen molar-refractivity contribution in [3.63, 3.8) is 0 Å². The highest BCUT2D eigenvalue weighted by Gasteiger charge is 2.25. The third-order valence-corrected chi connectivity index (χ3v) is 5.85.